The van der Waals surface area contributed by atoms with Gasteiger partial charge in [-0.2, -0.15) is 4.98 Å². The van der Waals surface area contributed by atoms with Crippen LogP contribution in [0.4, 0.5) is 17.5 Å². The van der Waals surface area contributed by atoms with Crippen molar-refractivity contribution in [3.05, 3.63) is 16.3 Å². The molecule has 1 aliphatic carbocycles. The minimum Gasteiger partial charge on any atom is -0.396 e. The molecule has 1 aliphatic rings. The molecular weight excluding hydrogens is 262 g/mol. The zero-order valence-corrected chi connectivity index (χ0v) is 11.2. The molecule has 1 aromatic rings. The second-order valence-electron chi connectivity index (χ2n) is 5.29. The SMILES string of the molecule is Nc1ncc([N+](=O)[O-])c(NCC2(CO)CCCCC2)n1. The van der Waals surface area contributed by atoms with Crippen LogP contribution in [0.1, 0.15) is 32.1 Å². The summed E-state index contributed by atoms with van der Waals surface area (Å²) in [5.41, 5.74) is 5.03. The number of anilines is 2. The number of nitrogens with two attached hydrogens (primary N) is 1. The molecule has 0 saturated heterocycles. The lowest BCUT2D eigenvalue weighted by atomic mass is 9.74. The van der Waals surface area contributed by atoms with Crippen LogP contribution in [-0.2, 0) is 0 Å². The Labute approximate surface area is 116 Å². The maximum Gasteiger partial charge on any atom is 0.329 e. The first-order valence-electron chi connectivity index (χ1n) is 6.68. The highest BCUT2D eigenvalue weighted by atomic mass is 16.6. The van der Waals surface area contributed by atoms with Crippen molar-refractivity contribution in [2.24, 2.45) is 5.41 Å². The zero-order valence-electron chi connectivity index (χ0n) is 11.2. The number of hydrogen-bond acceptors (Lipinski definition) is 7. The number of nitrogens with one attached hydrogen (secondary N) is 1. The highest BCUT2D eigenvalue weighted by Gasteiger charge is 2.32. The number of nitro groups is 1. The smallest absolute Gasteiger partial charge is 0.329 e. The van der Waals surface area contributed by atoms with Crippen LogP contribution in [0.5, 0.6) is 0 Å². The van der Waals surface area contributed by atoms with Gasteiger partial charge in [-0.25, -0.2) is 4.98 Å². The fourth-order valence-corrected chi connectivity index (χ4v) is 2.62. The van der Waals surface area contributed by atoms with E-state index in [0.29, 0.717) is 6.54 Å². The largest absolute Gasteiger partial charge is 0.396 e. The Morgan fingerprint density at radius 3 is 2.75 bits per heavy atom. The third-order valence-electron chi connectivity index (χ3n) is 3.87. The van der Waals surface area contributed by atoms with E-state index in [4.69, 9.17) is 5.73 Å². The van der Waals surface area contributed by atoms with Gasteiger partial charge in [0.15, 0.2) is 0 Å². The van der Waals surface area contributed by atoms with E-state index < -0.39 is 4.92 Å². The molecule has 0 atom stereocenters. The number of aromatic nitrogens is 2. The Morgan fingerprint density at radius 1 is 1.45 bits per heavy atom. The van der Waals surface area contributed by atoms with Crippen LogP contribution in [0.15, 0.2) is 6.20 Å². The summed E-state index contributed by atoms with van der Waals surface area (Å²) in [5, 5.41) is 23.5. The highest BCUT2D eigenvalue weighted by molar-refractivity contribution is 5.56. The number of nitrogen functional groups attached to an aromatic ring is 1. The molecule has 0 aliphatic heterocycles. The van der Waals surface area contributed by atoms with Crippen molar-refractivity contribution in [1.82, 2.24) is 9.97 Å². The Hall–Kier alpha value is -1.96. The van der Waals surface area contributed by atoms with Gasteiger partial charge in [-0.1, -0.05) is 19.3 Å². The van der Waals surface area contributed by atoms with Gasteiger partial charge >= 0.3 is 5.69 Å². The Kier molecular flexibility index (Phi) is 4.33. The van der Waals surface area contributed by atoms with Crippen LogP contribution in [0.2, 0.25) is 0 Å². The van der Waals surface area contributed by atoms with Gasteiger partial charge in [0.25, 0.3) is 0 Å². The van der Waals surface area contributed by atoms with Crippen LogP contribution in [0.3, 0.4) is 0 Å². The van der Waals surface area contributed by atoms with Gasteiger partial charge in [-0.3, -0.25) is 10.1 Å². The van der Waals surface area contributed by atoms with Gasteiger partial charge in [0.05, 0.1) is 11.5 Å². The molecule has 4 N–H and O–H groups in total. The van der Waals surface area contributed by atoms with Crippen molar-refractivity contribution in [1.29, 1.82) is 0 Å². The fraction of sp³-hybridized carbons (Fsp3) is 0.667. The fourth-order valence-electron chi connectivity index (χ4n) is 2.62. The molecule has 1 fully saturated rings. The van der Waals surface area contributed by atoms with E-state index in [1.54, 1.807) is 0 Å². The molecule has 0 radical (unpaired) electrons. The molecule has 0 spiro atoms. The van der Waals surface area contributed by atoms with Crippen LogP contribution in [0, 0.1) is 15.5 Å². The van der Waals surface area contributed by atoms with Gasteiger partial charge in [-0.15, -0.1) is 0 Å². The molecular formula is C12H19N5O3. The maximum atomic E-state index is 10.9. The molecule has 1 saturated carbocycles. The quantitative estimate of drug-likeness (QED) is 0.548. The molecule has 0 aromatic carbocycles. The lowest BCUT2D eigenvalue weighted by Gasteiger charge is -2.35. The summed E-state index contributed by atoms with van der Waals surface area (Å²) in [6.07, 6.45) is 6.21. The average molecular weight is 281 g/mol. The number of aliphatic hydroxyl groups is 1. The molecule has 1 heterocycles. The standard InChI is InChI=1S/C12H19N5O3/c13-11-14-6-9(17(19)20)10(16-11)15-7-12(8-18)4-2-1-3-5-12/h6,18H,1-5,7-8H2,(H3,13,14,15,16). The van der Waals surface area contributed by atoms with Crippen molar-refractivity contribution in [3.63, 3.8) is 0 Å². The summed E-state index contributed by atoms with van der Waals surface area (Å²) in [6.45, 7) is 0.509. The van der Waals surface area contributed by atoms with E-state index in [1.165, 1.54) is 6.42 Å². The third kappa shape index (κ3) is 3.13. The van der Waals surface area contributed by atoms with Crippen molar-refractivity contribution >= 4 is 17.5 Å². The summed E-state index contributed by atoms with van der Waals surface area (Å²) in [6, 6.07) is 0. The van der Waals surface area contributed by atoms with E-state index in [1.807, 2.05) is 0 Å². The Bertz CT molecular complexity index is 488. The first-order chi connectivity index (χ1) is 9.56. The topological polar surface area (TPSA) is 127 Å². The number of aliphatic hydroxyl groups excluding tert-OH is 1. The molecule has 1 aromatic heterocycles. The van der Waals surface area contributed by atoms with Crippen LogP contribution >= 0.6 is 0 Å². The summed E-state index contributed by atoms with van der Waals surface area (Å²) < 4.78 is 0. The normalized spacial score (nSPS) is 17.6. The number of rotatable bonds is 5. The van der Waals surface area contributed by atoms with Gasteiger partial charge in [0.1, 0.15) is 6.20 Å². The van der Waals surface area contributed by atoms with Crippen molar-refractivity contribution in [3.8, 4) is 0 Å². The second-order valence-corrected chi connectivity index (χ2v) is 5.29. The van der Waals surface area contributed by atoms with E-state index in [-0.39, 0.29) is 29.5 Å². The van der Waals surface area contributed by atoms with Crippen LogP contribution < -0.4 is 11.1 Å². The molecule has 110 valence electrons. The molecule has 0 amide bonds. The molecule has 20 heavy (non-hydrogen) atoms. The van der Waals surface area contributed by atoms with E-state index in [9.17, 15) is 15.2 Å². The summed E-state index contributed by atoms with van der Waals surface area (Å²) in [7, 11) is 0. The molecule has 0 unspecified atom stereocenters. The minimum atomic E-state index is -0.547. The van der Waals surface area contributed by atoms with Crippen molar-refractivity contribution < 1.29 is 10.0 Å². The lowest BCUT2D eigenvalue weighted by Crippen LogP contribution is -2.35. The van der Waals surface area contributed by atoms with E-state index >= 15 is 0 Å². The van der Waals surface area contributed by atoms with Crippen LogP contribution in [-0.4, -0.2) is 33.1 Å². The first kappa shape index (κ1) is 14.4. The van der Waals surface area contributed by atoms with Crippen molar-refractivity contribution in [2.45, 2.75) is 32.1 Å². The molecule has 0 bridgehead atoms. The number of nitrogens with zero attached hydrogens (tertiary/aromatic N) is 3. The molecule has 8 nitrogen and oxygen atoms in total. The van der Waals surface area contributed by atoms with Gasteiger partial charge in [0.2, 0.25) is 11.8 Å². The average Bonchev–Trinajstić information content (AvgIpc) is 2.46. The highest BCUT2D eigenvalue weighted by Crippen LogP contribution is 2.36. The van der Waals surface area contributed by atoms with Gasteiger partial charge in [0, 0.05) is 12.0 Å². The zero-order chi connectivity index (χ0) is 14.6. The van der Waals surface area contributed by atoms with Gasteiger partial charge < -0.3 is 16.2 Å². The van der Waals surface area contributed by atoms with Crippen molar-refractivity contribution in [2.75, 3.05) is 24.2 Å². The lowest BCUT2D eigenvalue weighted by molar-refractivity contribution is -0.384. The predicted molar refractivity (Wildman–Crippen MR) is 74.2 cm³/mol. The summed E-state index contributed by atoms with van der Waals surface area (Å²) in [5.74, 6) is 0.0979. The maximum absolute atomic E-state index is 10.9. The second kappa shape index (κ2) is 6.00. The molecule has 2 rings (SSSR count). The third-order valence-corrected chi connectivity index (χ3v) is 3.87. The predicted octanol–water partition coefficient (Wildman–Crippen LogP) is 1.32. The minimum absolute atomic E-state index is 0.0141. The van der Waals surface area contributed by atoms with Gasteiger partial charge in [-0.05, 0) is 12.8 Å². The van der Waals surface area contributed by atoms with Crippen LogP contribution in [0.25, 0.3) is 0 Å². The summed E-state index contributed by atoms with van der Waals surface area (Å²) >= 11 is 0. The monoisotopic (exact) mass is 281 g/mol. The first-order valence-corrected chi connectivity index (χ1v) is 6.68. The molecule has 8 heteroatoms. The van der Waals surface area contributed by atoms with E-state index in [2.05, 4.69) is 15.3 Å². The Balaban J connectivity index is 2.13. The van der Waals surface area contributed by atoms with E-state index in [0.717, 1.165) is 31.9 Å². The number of hydrogen-bond donors (Lipinski definition) is 3. The summed E-state index contributed by atoms with van der Waals surface area (Å²) in [4.78, 5) is 17.9. The Morgan fingerprint density at radius 2 is 2.15 bits per heavy atom.